The van der Waals surface area contributed by atoms with Gasteiger partial charge in [0.15, 0.2) is 0 Å². The summed E-state index contributed by atoms with van der Waals surface area (Å²) < 4.78 is 5.15. The Labute approximate surface area is 129 Å². The maximum atomic E-state index is 5.15. The number of rotatable bonds is 5. The maximum Gasteiger partial charge on any atom is 0.223 e. The molecule has 0 saturated heterocycles. The van der Waals surface area contributed by atoms with Crippen molar-refractivity contribution >= 4 is 5.95 Å². The molecular formula is C17H16N4O. The molecule has 0 spiro atoms. The molecule has 0 unspecified atom stereocenters. The first kappa shape index (κ1) is 14.0. The fourth-order valence-corrected chi connectivity index (χ4v) is 2.05. The first-order valence-electron chi connectivity index (χ1n) is 6.95. The van der Waals surface area contributed by atoms with Crippen molar-refractivity contribution in [3.05, 3.63) is 66.6 Å². The van der Waals surface area contributed by atoms with E-state index in [0.29, 0.717) is 12.5 Å². The highest BCUT2D eigenvalue weighted by Crippen LogP contribution is 2.17. The summed E-state index contributed by atoms with van der Waals surface area (Å²) in [6, 6.07) is 13.6. The lowest BCUT2D eigenvalue weighted by atomic mass is 10.2. The number of hydrogen-bond donors (Lipinski definition) is 1. The summed E-state index contributed by atoms with van der Waals surface area (Å²) in [6.45, 7) is 0.657. The number of nitrogens with one attached hydrogen (secondary N) is 1. The largest absolute Gasteiger partial charge is 0.497 e. The molecule has 0 aliphatic rings. The minimum absolute atomic E-state index is 0.602. The van der Waals surface area contributed by atoms with Crippen LogP contribution >= 0.6 is 0 Å². The number of hydrogen-bond acceptors (Lipinski definition) is 5. The summed E-state index contributed by atoms with van der Waals surface area (Å²) in [5.41, 5.74) is 3.03. The molecule has 3 aromatic rings. The molecule has 1 N–H and O–H groups in total. The first-order valence-corrected chi connectivity index (χ1v) is 6.95. The second-order valence-corrected chi connectivity index (χ2v) is 4.70. The molecule has 3 rings (SSSR count). The van der Waals surface area contributed by atoms with Gasteiger partial charge in [0.2, 0.25) is 5.95 Å². The van der Waals surface area contributed by atoms with Crippen molar-refractivity contribution in [2.75, 3.05) is 12.4 Å². The fourth-order valence-electron chi connectivity index (χ4n) is 2.05. The average Bonchev–Trinajstić information content (AvgIpc) is 2.61. The van der Waals surface area contributed by atoms with Crippen molar-refractivity contribution in [2.24, 2.45) is 0 Å². The topological polar surface area (TPSA) is 59.9 Å². The van der Waals surface area contributed by atoms with Gasteiger partial charge in [0, 0.05) is 30.7 Å². The SMILES string of the molecule is COc1ccc(CNc2nccc(-c3ccncc3)n2)cc1. The van der Waals surface area contributed by atoms with Crippen LogP contribution in [0.1, 0.15) is 5.56 Å². The Balaban J connectivity index is 1.70. The molecular weight excluding hydrogens is 276 g/mol. The number of anilines is 1. The smallest absolute Gasteiger partial charge is 0.223 e. The summed E-state index contributed by atoms with van der Waals surface area (Å²) in [5.74, 6) is 1.45. The van der Waals surface area contributed by atoms with Crippen LogP contribution in [0.2, 0.25) is 0 Å². The predicted molar refractivity (Wildman–Crippen MR) is 85.6 cm³/mol. The Kier molecular flexibility index (Phi) is 4.25. The van der Waals surface area contributed by atoms with Crippen LogP contribution in [0.25, 0.3) is 11.3 Å². The summed E-state index contributed by atoms with van der Waals surface area (Å²) in [4.78, 5) is 12.8. The van der Waals surface area contributed by atoms with Crippen LogP contribution in [-0.4, -0.2) is 22.1 Å². The second kappa shape index (κ2) is 6.67. The van der Waals surface area contributed by atoms with Crippen LogP contribution in [0.3, 0.4) is 0 Å². The van der Waals surface area contributed by atoms with Gasteiger partial charge >= 0.3 is 0 Å². The van der Waals surface area contributed by atoms with E-state index in [2.05, 4.69) is 20.3 Å². The molecule has 0 saturated carbocycles. The Morgan fingerprint density at radius 1 is 0.955 bits per heavy atom. The zero-order chi connectivity index (χ0) is 15.2. The quantitative estimate of drug-likeness (QED) is 0.782. The van der Waals surface area contributed by atoms with Crippen molar-refractivity contribution in [3.63, 3.8) is 0 Å². The number of pyridine rings is 1. The molecule has 0 radical (unpaired) electrons. The second-order valence-electron chi connectivity index (χ2n) is 4.70. The lowest BCUT2D eigenvalue weighted by molar-refractivity contribution is 0.414. The lowest BCUT2D eigenvalue weighted by Crippen LogP contribution is -2.03. The molecule has 5 heteroatoms. The van der Waals surface area contributed by atoms with E-state index in [1.807, 2.05) is 42.5 Å². The normalized spacial score (nSPS) is 10.2. The van der Waals surface area contributed by atoms with E-state index < -0.39 is 0 Å². The summed E-state index contributed by atoms with van der Waals surface area (Å²) in [6.07, 6.45) is 5.25. The molecule has 0 aliphatic carbocycles. The van der Waals surface area contributed by atoms with E-state index in [0.717, 1.165) is 22.6 Å². The molecule has 110 valence electrons. The molecule has 0 aliphatic heterocycles. The molecule has 0 bridgehead atoms. The highest BCUT2D eigenvalue weighted by molar-refractivity contribution is 5.59. The zero-order valence-electron chi connectivity index (χ0n) is 12.2. The third kappa shape index (κ3) is 3.38. The molecule has 0 amide bonds. The van der Waals surface area contributed by atoms with E-state index in [9.17, 15) is 0 Å². The van der Waals surface area contributed by atoms with E-state index >= 15 is 0 Å². The van der Waals surface area contributed by atoms with Gasteiger partial charge in [0.25, 0.3) is 0 Å². The van der Waals surface area contributed by atoms with Crippen molar-refractivity contribution in [1.82, 2.24) is 15.0 Å². The van der Waals surface area contributed by atoms with Gasteiger partial charge < -0.3 is 10.1 Å². The molecule has 0 atom stereocenters. The third-order valence-corrected chi connectivity index (χ3v) is 3.24. The number of nitrogens with zero attached hydrogens (tertiary/aromatic N) is 3. The highest BCUT2D eigenvalue weighted by Gasteiger charge is 2.02. The van der Waals surface area contributed by atoms with Gasteiger partial charge in [-0.05, 0) is 35.9 Å². The van der Waals surface area contributed by atoms with E-state index in [1.165, 1.54) is 0 Å². The van der Waals surface area contributed by atoms with E-state index in [-0.39, 0.29) is 0 Å². The molecule has 5 nitrogen and oxygen atoms in total. The minimum atomic E-state index is 0.602. The Hall–Kier alpha value is -2.95. The van der Waals surface area contributed by atoms with Crippen molar-refractivity contribution in [3.8, 4) is 17.0 Å². The van der Waals surface area contributed by atoms with Gasteiger partial charge in [0.05, 0.1) is 12.8 Å². The third-order valence-electron chi connectivity index (χ3n) is 3.24. The summed E-state index contributed by atoms with van der Waals surface area (Å²) >= 11 is 0. The van der Waals surface area contributed by atoms with Gasteiger partial charge in [0.1, 0.15) is 5.75 Å². The first-order chi connectivity index (χ1) is 10.8. The van der Waals surface area contributed by atoms with E-state index in [4.69, 9.17) is 4.74 Å². The standard InChI is InChI=1S/C17H16N4O/c1-22-15-4-2-13(3-5-15)12-20-17-19-11-8-16(21-17)14-6-9-18-10-7-14/h2-11H,12H2,1H3,(H,19,20,21). The summed E-state index contributed by atoms with van der Waals surface area (Å²) in [7, 11) is 1.66. The van der Waals surface area contributed by atoms with Crippen LogP contribution in [0.5, 0.6) is 5.75 Å². The van der Waals surface area contributed by atoms with Crippen LogP contribution in [0, 0.1) is 0 Å². The highest BCUT2D eigenvalue weighted by atomic mass is 16.5. The summed E-state index contributed by atoms with van der Waals surface area (Å²) in [5, 5.41) is 3.23. The van der Waals surface area contributed by atoms with Gasteiger partial charge in [-0.25, -0.2) is 9.97 Å². The number of ether oxygens (including phenoxy) is 1. The van der Waals surface area contributed by atoms with Crippen molar-refractivity contribution in [1.29, 1.82) is 0 Å². The fraction of sp³-hybridized carbons (Fsp3) is 0.118. The molecule has 0 fully saturated rings. The Morgan fingerprint density at radius 3 is 2.45 bits per heavy atom. The van der Waals surface area contributed by atoms with Crippen molar-refractivity contribution < 1.29 is 4.74 Å². The molecule has 1 aromatic carbocycles. The van der Waals surface area contributed by atoms with Crippen LogP contribution < -0.4 is 10.1 Å². The van der Waals surface area contributed by atoms with E-state index in [1.54, 1.807) is 25.7 Å². The monoisotopic (exact) mass is 292 g/mol. The van der Waals surface area contributed by atoms with Gasteiger partial charge in [-0.1, -0.05) is 12.1 Å². The number of aromatic nitrogens is 3. The minimum Gasteiger partial charge on any atom is -0.497 e. The van der Waals surface area contributed by atoms with Crippen LogP contribution in [0.4, 0.5) is 5.95 Å². The van der Waals surface area contributed by atoms with Crippen LogP contribution in [-0.2, 0) is 6.54 Å². The zero-order valence-corrected chi connectivity index (χ0v) is 12.2. The Morgan fingerprint density at radius 2 is 1.73 bits per heavy atom. The number of benzene rings is 1. The molecule has 2 aromatic heterocycles. The van der Waals surface area contributed by atoms with Crippen LogP contribution in [0.15, 0.2) is 61.1 Å². The van der Waals surface area contributed by atoms with Gasteiger partial charge in [-0.3, -0.25) is 4.98 Å². The molecule has 22 heavy (non-hydrogen) atoms. The van der Waals surface area contributed by atoms with Crippen molar-refractivity contribution in [2.45, 2.75) is 6.54 Å². The molecule has 2 heterocycles. The predicted octanol–water partition coefficient (Wildman–Crippen LogP) is 3.16. The lowest BCUT2D eigenvalue weighted by Gasteiger charge is -2.07. The average molecular weight is 292 g/mol. The number of methoxy groups -OCH3 is 1. The Bertz CT molecular complexity index is 729. The van der Waals surface area contributed by atoms with Gasteiger partial charge in [-0.2, -0.15) is 0 Å². The maximum absolute atomic E-state index is 5.15. The van der Waals surface area contributed by atoms with Gasteiger partial charge in [-0.15, -0.1) is 0 Å².